The minimum atomic E-state index is -0.196. The van der Waals surface area contributed by atoms with E-state index < -0.39 is 0 Å². The minimum Gasteiger partial charge on any atom is -0.493 e. The van der Waals surface area contributed by atoms with E-state index in [0.29, 0.717) is 31.1 Å². The Hall–Kier alpha value is -2.28. The molecule has 1 aromatic carbocycles. The molecule has 0 bridgehead atoms. The van der Waals surface area contributed by atoms with Crippen molar-refractivity contribution in [2.24, 2.45) is 0 Å². The van der Waals surface area contributed by atoms with Crippen LogP contribution in [0.2, 0.25) is 0 Å². The lowest BCUT2D eigenvalue weighted by atomic mass is 10.2. The topological polar surface area (TPSA) is 71.1 Å². The van der Waals surface area contributed by atoms with Crippen LogP contribution in [0, 0.1) is 0 Å². The van der Waals surface area contributed by atoms with Crippen molar-refractivity contribution >= 4 is 11.8 Å². The number of carbonyl (C=O) groups is 2. The zero-order valence-electron chi connectivity index (χ0n) is 15.1. The Morgan fingerprint density at radius 1 is 1.08 bits per heavy atom. The molecule has 0 atom stereocenters. The lowest BCUT2D eigenvalue weighted by Crippen LogP contribution is -2.42. The number of methoxy groups -OCH3 is 2. The summed E-state index contributed by atoms with van der Waals surface area (Å²) in [5.74, 6) is 0.941. The van der Waals surface area contributed by atoms with E-state index in [-0.39, 0.29) is 18.4 Å². The third-order valence-corrected chi connectivity index (χ3v) is 3.53. The maximum Gasteiger partial charge on any atom is 0.239 e. The molecular formula is C17H27N3O4. The molecule has 134 valence electrons. The second kappa shape index (κ2) is 9.77. The van der Waals surface area contributed by atoms with E-state index >= 15 is 0 Å². The molecule has 0 aliphatic heterocycles. The lowest BCUT2D eigenvalue weighted by molar-refractivity contribution is -0.134. The van der Waals surface area contributed by atoms with Crippen LogP contribution in [0.4, 0.5) is 0 Å². The molecular weight excluding hydrogens is 310 g/mol. The van der Waals surface area contributed by atoms with Gasteiger partial charge in [-0.3, -0.25) is 9.59 Å². The van der Waals surface area contributed by atoms with E-state index in [2.05, 4.69) is 5.32 Å². The van der Waals surface area contributed by atoms with Gasteiger partial charge in [0, 0.05) is 26.6 Å². The molecule has 24 heavy (non-hydrogen) atoms. The van der Waals surface area contributed by atoms with E-state index in [4.69, 9.17) is 9.47 Å². The van der Waals surface area contributed by atoms with Crippen LogP contribution in [0.1, 0.15) is 12.5 Å². The quantitative estimate of drug-likeness (QED) is 0.719. The summed E-state index contributed by atoms with van der Waals surface area (Å²) in [5.41, 5.74) is 0.892. The van der Waals surface area contributed by atoms with Crippen molar-refractivity contribution in [3.8, 4) is 11.5 Å². The number of rotatable bonds is 9. The molecule has 7 heteroatoms. The highest BCUT2D eigenvalue weighted by molar-refractivity contribution is 5.83. The number of hydrogen-bond donors (Lipinski definition) is 1. The number of likely N-dealkylation sites (N-methyl/N-ethyl adjacent to an activating group) is 1. The molecule has 0 heterocycles. The molecule has 0 fully saturated rings. The van der Waals surface area contributed by atoms with Gasteiger partial charge in [-0.1, -0.05) is 6.07 Å². The van der Waals surface area contributed by atoms with Gasteiger partial charge in [0.1, 0.15) is 0 Å². The summed E-state index contributed by atoms with van der Waals surface area (Å²) >= 11 is 0. The molecule has 1 rings (SSSR count). The molecule has 0 aliphatic rings. The van der Waals surface area contributed by atoms with Crippen molar-refractivity contribution in [2.45, 2.75) is 13.5 Å². The second-order valence-corrected chi connectivity index (χ2v) is 5.71. The van der Waals surface area contributed by atoms with Gasteiger partial charge in [-0.2, -0.15) is 0 Å². The van der Waals surface area contributed by atoms with Crippen LogP contribution >= 0.6 is 0 Å². The first kappa shape index (κ1) is 19.8. The van der Waals surface area contributed by atoms with Gasteiger partial charge in [0.2, 0.25) is 11.8 Å². The molecule has 0 saturated carbocycles. The Labute approximate surface area is 143 Å². The Morgan fingerprint density at radius 3 is 2.29 bits per heavy atom. The highest BCUT2D eigenvalue weighted by Gasteiger charge is 2.14. The van der Waals surface area contributed by atoms with E-state index in [1.165, 1.54) is 11.8 Å². The zero-order valence-corrected chi connectivity index (χ0v) is 15.1. The molecule has 1 N–H and O–H groups in total. The fourth-order valence-corrected chi connectivity index (χ4v) is 2.09. The van der Waals surface area contributed by atoms with Crippen molar-refractivity contribution in [3.05, 3.63) is 23.8 Å². The predicted molar refractivity (Wildman–Crippen MR) is 92.2 cm³/mol. The van der Waals surface area contributed by atoms with Crippen LogP contribution in [0.3, 0.4) is 0 Å². The number of nitrogens with zero attached hydrogens (tertiary/aromatic N) is 2. The van der Waals surface area contributed by atoms with Crippen molar-refractivity contribution in [1.29, 1.82) is 0 Å². The maximum atomic E-state index is 12.1. The van der Waals surface area contributed by atoms with Gasteiger partial charge in [-0.25, -0.2) is 0 Å². The van der Waals surface area contributed by atoms with Gasteiger partial charge >= 0.3 is 0 Å². The maximum absolute atomic E-state index is 12.1. The first-order valence-corrected chi connectivity index (χ1v) is 7.75. The Morgan fingerprint density at radius 2 is 1.75 bits per heavy atom. The Kier molecular flexibility index (Phi) is 8.05. The van der Waals surface area contributed by atoms with E-state index in [1.807, 2.05) is 31.1 Å². The molecule has 7 nitrogen and oxygen atoms in total. The Bertz CT molecular complexity index is 561. The summed E-state index contributed by atoms with van der Waals surface area (Å²) < 4.78 is 10.4. The average Bonchev–Trinajstić information content (AvgIpc) is 2.55. The largest absolute Gasteiger partial charge is 0.493 e. The third-order valence-electron chi connectivity index (χ3n) is 3.53. The summed E-state index contributed by atoms with van der Waals surface area (Å²) in [6, 6.07) is 5.46. The van der Waals surface area contributed by atoms with E-state index in [0.717, 1.165) is 5.56 Å². The van der Waals surface area contributed by atoms with Crippen LogP contribution in [0.15, 0.2) is 18.2 Å². The number of amides is 2. The number of benzene rings is 1. The van der Waals surface area contributed by atoms with Crippen LogP contribution in [-0.4, -0.2) is 69.6 Å². The summed E-state index contributed by atoms with van der Waals surface area (Å²) in [6.07, 6.45) is 0. The van der Waals surface area contributed by atoms with Crippen LogP contribution in [0.5, 0.6) is 11.5 Å². The van der Waals surface area contributed by atoms with Crippen molar-refractivity contribution in [3.63, 3.8) is 0 Å². The molecule has 0 saturated heterocycles. The number of nitrogens with one attached hydrogen (secondary N) is 1. The molecule has 1 aromatic rings. The monoisotopic (exact) mass is 337 g/mol. The minimum absolute atomic E-state index is 0.0520. The SMILES string of the molecule is COc1ccc(CNC(=O)CN(CCN(C)C)C(C)=O)cc1OC. The van der Waals surface area contributed by atoms with Crippen molar-refractivity contribution < 1.29 is 19.1 Å². The number of hydrogen-bond acceptors (Lipinski definition) is 5. The highest BCUT2D eigenvalue weighted by atomic mass is 16.5. The molecule has 0 unspecified atom stereocenters. The first-order chi connectivity index (χ1) is 11.4. The van der Waals surface area contributed by atoms with Crippen LogP contribution in [-0.2, 0) is 16.1 Å². The van der Waals surface area contributed by atoms with Crippen molar-refractivity contribution in [1.82, 2.24) is 15.1 Å². The second-order valence-electron chi connectivity index (χ2n) is 5.71. The molecule has 0 radical (unpaired) electrons. The van der Waals surface area contributed by atoms with Crippen molar-refractivity contribution in [2.75, 3.05) is 47.9 Å². The summed E-state index contributed by atoms with van der Waals surface area (Å²) in [6.45, 7) is 3.11. The van der Waals surface area contributed by atoms with Gasteiger partial charge in [0.05, 0.1) is 20.8 Å². The van der Waals surface area contributed by atoms with Gasteiger partial charge < -0.3 is 24.6 Å². The fraction of sp³-hybridized carbons (Fsp3) is 0.529. The number of ether oxygens (including phenoxy) is 2. The van der Waals surface area contributed by atoms with E-state index in [1.54, 1.807) is 20.3 Å². The van der Waals surface area contributed by atoms with E-state index in [9.17, 15) is 9.59 Å². The smallest absolute Gasteiger partial charge is 0.239 e. The van der Waals surface area contributed by atoms with Gasteiger partial charge in [-0.15, -0.1) is 0 Å². The standard InChI is InChI=1S/C17H27N3O4/c1-13(21)20(9-8-19(2)3)12-17(22)18-11-14-6-7-15(23-4)16(10-14)24-5/h6-7,10H,8-9,11-12H2,1-5H3,(H,18,22). The van der Waals surface area contributed by atoms with Gasteiger partial charge in [0.25, 0.3) is 0 Å². The molecule has 2 amide bonds. The van der Waals surface area contributed by atoms with Crippen LogP contribution < -0.4 is 14.8 Å². The Balaban J connectivity index is 2.56. The lowest BCUT2D eigenvalue weighted by Gasteiger charge is -2.22. The third kappa shape index (κ3) is 6.45. The fourth-order valence-electron chi connectivity index (χ4n) is 2.09. The van der Waals surface area contributed by atoms with Crippen LogP contribution in [0.25, 0.3) is 0 Å². The highest BCUT2D eigenvalue weighted by Crippen LogP contribution is 2.27. The molecule has 0 spiro atoms. The molecule has 0 aliphatic carbocycles. The number of carbonyl (C=O) groups excluding carboxylic acids is 2. The zero-order chi connectivity index (χ0) is 18.1. The molecule has 0 aromatic heterocycles. The predicted octanol–water partition coefficient (Wildman–Crippen LogP) is 0.730. The normalized spacial score (nSPS) is 10.4. The average molecular weight is 337 g/mol. The summed E-state index contributed by atoms with van der Waals surface area (Å²) in [7, 11) is 6.99. The van der Waals surface area contributed by atoms with Gasteiger partial charge in [-0.05, 0) is 31.8 Å². The van der Waals surface area contributed by atoms with Gasteiger partial charge in [0.15, 0.2) is 11.5 Å². The summed E-state index contributed by atoms with van der Waals surface area (Å²) in [4.78, 5) is 27.2. The first-order valence-electron chi connectivity index (χ1n) is 7.75. The summed E-state index contributed by atoms with van der Waals surface area (Å²) in [5, 5.41) is 2.82.